The molecule has 6 heteroatoms. The van der Waals surface area contributed by atoms with Crippen molar-refractivity contribution in [2.75, 3.05) is 5.32 Å². The summed E-state index contributed by atoms with van der Waals surface area (Å²) in [7, 11) is 0. The van der Waals surface area contributed by atoms with E-state index in [0.717, 1.165) is 28.1 Å². The first kappa shape index (κ1) is 18.2. The molecule has 3 rings (SSSR count). The van der Waals surface area contributed by atoms with Crippen LogP contribution < -0.4 is 10.6 Å². The SMILES string of the molecule is Cc1ccc(N=C2NC(=O)C(CC(=O)Nc3c(C)cccc3C)S2)cc1. The average molecular weight is 367 g/mol. The van der Waals surface area contributed by atoms with Gasteiger partial charge in [-0.15, -0.1) is 0 Å². The predicted molar refractivity (Wildman–Crippen MR) is 107 cm³/mol. The first-order chi connectivity index (χ1) is 12.4. The number of aryl methyl sites for hydroxylation is 3. The average Bonchev–Trinajstić information content (AvgIpc) is 2.92. The molecule has 2 aromatic carbocycles. The quantitative estimate of drug-likeness (QED) is 0.862. The number of aliphatic imine (C=N–C) groups is 1. The molecule has 0 radical (unpaired) electrons. The van der Waals surface area contributed by atoms with E-state index in [0.29, 0.717) is 5.17 Å². The Bertz CT molecular complexity index is 855. The van der Waals surface area contributed by atoms with Gasteiger partial charge in [0.1, 0.15) is 5.25 Å². The molecule has 1 heterocycles. The molecule has 0 aliphatic carbocycles. The molecule has 1 atom stereocenters. The molecule has 2 aromatic rings. The Morgan fingerprint density at radius 3 is 2.42 bits per heavy atom. The van der Waals surface area contributed by atoms with Gasteiger partial charge >= 0.3 is 0 Å². The maximum absolute atomic E-state index is 12.4. The van der Waals surface area contributed by atoms with Crippen LogP contribution in [0.3, 0.4) is 0 Å². The van der Waals surface area contributed by atoms with Gasteiger partial charge in [0.25, 0.3) is 0 Å². The van der Waals surface area contributed by atoms with Gasteiger partial charge < -0.3 is 10.6 Å². The summed E-state index contributed by atoms with van der Waals surface area (Å²) in [4.78, 5) is 29.0. The summed E-state index contributed by atoms with van der Waals surface area (Å²) in [6.45, 7) is 5.91. The summed E-state index contributed by atoms with van der Waals surface area (Å²) < 4.78 is 0. The first-order valence-electron chi connectivity index (χ1n) is 8.41. The molecule has 0 bridgehead atoms. The maximum Gasteiger partial charge on any atom is 0.240 e. The van der Waals surface area contributed by atoms with Gasteiger partial charge in [-0.3, -0.25) is 9.59 Å². The Morgan fingerprint density at radius 1 is 1.12 bits per heavy atom. The summed E-state index contributed by atoms with van der Waals surface area (Å²) in [5.41, 5.74) is 4.75. The van der Waals surface area contributed by atoms with Gasteiger partial charge in [-0.2, -0.15) is 0 Å². The Balaban J connectivity index is 1.64. The van der Waals surface area contributed by atoms with Crippen molar-refractivity contribution in [3.63, 3.8) is 0 Å². The van der Waals surface area contributed by atoms with Crippen molar-refractivity contribution in [2.45, 2.75) is 32.4 Å². The highest BCUT2D eigenvalue weighted by Crippen LogP contribution is 2.26. The molecule has 0 spiro atoms. The number of amidine groups is 1. The lowest BCUT2D eigenvalue weighted by atomic mass is 10.1. The number of hydrogen-bond donors (Lipinski definition) is 2. The van der Waals surface area contributed by atoms with Crippen LogP contribution in [0.2, 0.25) is 0 Å². The fourth-order valence-corrected chi connectivity index (χ4v) is 3.69. The molecular formula is C20H21N3O2S. The van der Waals surface area contributed by atoms with E-state index in [1.54, 1.807) is 0 Å². The number of para-hydroxylation sites is 1. The van der Waals surface area contributed by atoms with Gasteiger partial charge in [0.05, 0.1) is 5.69 Å². The summed E-state index contributed by atoms with van der Waals surface area (Å²) in [5, 5.41) is 5.74. The molecule has 1 aliphatic heterocycles. The highest BCUT2D eigenvalue weighted by atomic mass is 32.2. The third-order valence-electron chi connectivity index (χ3n) is 4.16. The van der Waals surface area contributed by atoms with E-state index in [2.05, 4.69) is 15.6 Å². The number of amides is 2. The second-order valence-corrected chi connectivity index (χ2v) is 7.56. The molecule has 0 saturated carbocycles. The van der Waals surface area contributed by atoms with Crippen LogP contribution in [0.25, 0.3) is 0 Å². The topological polar surface area (TPSA) is 70.6 Å². The van der Waals surface area contributed by atoms with Crippen LogP contribution in [0.5, 0.6) is 0 Å². The third-order valence-corrected chi connectivity index (χ3v) is 5.24. The summed E-state index contributed by atoms with van der Waals surface area (Å²) in [6.07, 6.45) is 0.108. The van der Waals surface area contributed by atoms with E-state index >= 15 is 0 Å². The van der Waals surface area contributed by atoms with Gasteiger partial charge in [-0.05, 0) is 44.0 Å². The third kappa shape index (κ3) is 4.32. The van der Waals surface area contributed by atoms with E-state index in [1.165, 1.54) is 11.8 Å². The van der Waals surface area contributed by atoms with Crippen molar-refractivity contribution in [1.29, 1.82) is 0 Å². The molecule has 1 saturated heterocycles. The summed E-state index contributed by atoms with van der Waals surface area (Å²) in [5.74, 6) is -0.357. The molecule has 0 aromatic heterocycles. The molecule has 1 fully saturated rings. The number of benzene rings is 2. The van der Waals surface area contributed by atoms with Gasteiger partial charge in [-0.25, -0.2) is 4.99 Å². The zero-order valence-electron chi connectivity index (χ0n) is 15.0. The number of hydrogen-bond acceptors (Lipinski definition) is 4. The van der Waals surface area contributed by atoms with Crippen LogP contribution in [0.15, 0.2) is 47.5 Å². The van der Waals surface area contributed by atoms with Gasteiger partial charge in [-0.1, -0.05) is 47.7 Å². The van der Waals surface area contributed by atoms with Crippen molar-refractivity contribution in [2.24, 2.45) is 4.99 Å². The number of anilines is 1. The van der Waals surface area contributed by atoms with Crippen LogP contribution in [0.1, 0.15) is 23.1 Å². The zero-order valence-corrected chi connectivity index (χ0v) is 15.8. The molecule has 2 amide bonds. The molecule has 26 heavy (non-hydrogen) atoms. The van der Waals surface area contributed by atoms with Crippen molar-refractivity contribution >= 4 is 40.1 Å². The van der Waals surface area contributed by atoms with E-state index < -0.39 is 5.25 Å². The second kappa shape index (κ2) is 7.74. The standard InChI is InChI=1S/C20H21N3O2S/c1-12-7-9-15(10-8-12)21-20-23-19(25)16(26-20)11-17(24)22-18-13(2)5-4-6-14(18)3/h4-10,16H,11H2,1-3H3,(H,22,24)(H,21,23,25). The Hall–Kier alpha value is -2.60. The minimum absolute atomic E-state index is 0.108. The number of nitrogens with one attached hydrogen (secondary N) is 2. The van der Waals surface area contributed by atoms with Gasteiger partial charge in [0.15, 0.2) is 5.17 Å². The monoisotopic (exact) mass is 367 g/mol. The van der Waals surface area contributed by atoms with Crippen LogP contribution in [-0.4, -0.2) is 22.2 Å². The van der Waals surface area contributed by atoms with Crippen LogP contribution in [-0.2, 0) is 9.59 Å². The number of rotatable bonds is 4. The predicted octanol–water partition coefficient (Wildman–Crippen LogP) is 3.86. The number of carbonyl (C=O) groups is 2. The minimum Gasteiger partial charge on any atom is -0.326 e. The smallest absolute Gasteiger partial charge is 0.240 e. The molecular weight excluding hydrogens is 346 g/mol. The highest BCUT2D eigenvalue weighted by Gasteiger charge is 2.32. The summed E-state index contributed by atoms with van der Waals surface area (Å²) >= 11 is 1.29. The van der Waals surface area contributed by atoms with Crippen molar-refractivity contribution in [3.05, 3.63) is 59.2 Å². The van der Waals surface area contributed by atoms with Gasteiger partial charge in [0, 0.05) is 12.1 Å². The Labute approximate surface area is 157 Å². The fourth-order valence-electron chi connectivity index (χ4n) is 2.70. The molecule has 2 N–H and O–H groups in total. The Morgan fingerprint density at radius 2 is 1.77 bits per heavy atom. The molecule has 134 valence electrons. The highest BCUT2D eigenvalue weighted by molar-refractivity contribution is 8.15. The maximum atomic E-state index is 12.4. The Kier molecular flexibility index (Phi) is 5.42. The lowest BCUT2D eigenvalue weighted by Gasteiger charge is -2.12. The van der Waals surface area contributed by atoms with E-state index in [9.17, 15) is 9.59 Å². The van der Waals surface area contributed by atoms with E-state index in [1.807, 2.05) is 63.2 Å². The first-order valence-corrected chi connectivity index (χ1v) is 9.29. The number of nitrogens with zero attached hydrogens (tertiary/aromatic N) is 1. The lowest BCUT2D eigenvalue weighted by Crippen LogP contribution is -2.28. The number of carbonyl (C=O) groups excluding carboxylic acids is 2. The van der Waals surface area contributed by atoms with Crippen molar-refractivity contribution in [1.82, 2.24) is 5.32 Å². The van der Waals surface area contributed by atoms with Crippen LogP contribution in [0, 0.1) is 20.8 Å². The largest absolute Gasteiger partial charge is 0.326 e. The minimum atomic E-state index is -0.469. The lowest BCUT2D eigenvalue weighted by molar-refractivity contribution is -0.122. The van der Waals surface area contributed by atoms with E-state index in [4.69, 9.17) is 0 Å². The van der Waals surface area contributed by atoms with Crippen LogP contribution in [0.4, 0.5) is 11.4 Å². The summed E-state index contributed by atoms with van der Waals surface area (Å²) in [6, 6.07) is 13.6. The zero-order chi connectivity index (χ0) is 18.7. The van der Waals surface area contributed by atoms with E-state index in [-0.39, 0.29) is 18.2 Å². The van der Waals surface area contributed by atoms with Crippen molar-refractivity contribution < 1.29 is 9.59 Å². The molecule has 1 unspecified atom stereocenters. The fraction of sp³-hybridized carbons (Fsp3) is 0.250. The second-order valence-electron chi connectivity index (χ2n) is 6.37. The van der Waals surface area contributed by atoms with Crippen LogP contribution >= 0.6 is 11.8 Å². The van der Waals surface area contributed by atoms with Crippen molar-refractivity contribution in [3.8, 4) is 0 Å². The molecule has 5 nitrogen and oxygen atoms in total. The van der Waals surface area contributed by atoms with Gasteiger partial charge in [0.2, 0.25) is 11.8 Å². The normalized spacial score (nSPS) is 18.0. The molecule has 1 aliphatic rings. The number of thioether (sulfide) groups is 1.